The van der Waals surface area contributed by atoms with Crippen molar-refractivity contribution in [2.24, 2.45) is 0 Å². The van der Waals surface area contributed by atoms with E-state index < -0.39 is 0 Å². The summed E-state index contributed by atoms with van der Waals surface area (Å²) in [7, 11) is 1.44. The van der Waals surface area contributed by atoms with Gasteiger partial charge in [-0.2, -0.15) is 0 Å². The smallest absolute Gasteiger partial charge is 0.305 e. The van der Waals surface area contributed by atoms with Gasteiger partial charge in [-0.15, -0.1) is 23.2 Å². The average Bonchev–Trinajstić information content (AvgIpc) is 2.49. The predicted molar refractivity (Wildman–Crippen MR) is 92.4 cm³/mol. The second-order valence-corrected chi connectivity index (χ2v) is 6.89. The largest absolute Gasteiger partial charge is 0.469 e. The highest BCUT2D eigenvalue weighted by Crippen LogP contribution is 2.22. The quantitative estimate of drug-likeness (QED) is 0.218. The van der Waals surface area contributed by atoms with Crippen LogP contribution in [-0.2, 0) is 9.53 Å². The Kier molecular flexibility index (Phi) is 15.0. The Hall–Kier alpha value is 0.0500. The summed E-state index contributed by atoms with van der Waals surface area (Å²) in [5.41, 5.74) is 0. The first-order chi connectivity index (χ1) is 10.1. The number of alkyl halides is 2. The van der Waals surface area contributed by atoms with Crippen LogP contribution in [0, 0.1) is 0 Å². The molecule has 0 aliphatic heterocycles. The van der Waals surface area contributed by atoms with Crippen molar-refractivity contribution in [3.05, 3.63) is 0 Å². The molecule has 0 aromatic carbocycles. The first-order valence-electron chi connectivity index (χ1n) is 8.46. The minimum atomic E-state index is -0.108. The van der Waals surface area contributed by atoms with Crippen molar-refractivity contribution in [2.75, 3.05) is 7.11 Å². The number of methoxy groups -OCH3 is 1. The van der Waals surface area contributed by atoms with Gasteiger partial charge in [-0.1, -0.05) is 58.3 Å². The molecule has 0 spiro atoms. The molecule has 0 aliphatic carbocycles. The lowest BCUT2D eigenvalue weighted by atomic mass is 10.0. The monoisotopic (exact) mass is 338 g/mol. The van der Waals surface area contributed by atoms with Gasteiger partial charge in [0, 0.05) is 17.2 Å². The summed E-state index contributed by atoms with van der Waals surface area (Å²) in [6.07, 6.45) is 13.1. The molecule has 0 saturated heterocycles. The van der Waals surface area contributed by atoms with Gasteiger partial charge in [0.1, 0.15) is 0 Å². The third kappa shape index (κ3) is 13.4. The van der Waals surface area contributed by atoms with Gasteiger partial charge in [-0.25, -0.2) is 0 Å². The van der Waals surface area contributed by atoms with Gasteiger partial charge in [0.25, 0.3) is 0 Å². The summed E-state index contributed by atoms with van der Waals surface area (Å²) in [6, 6.07) is 0. The molecule has 0 heterocycles. The van der Waals surface area contributed by atoms with Gasteiger partial charge in [0.2, 0.25) is 0 Å². The van der Waals surface area contributed by atoms with Crippen molar-refractivity contribution in [3.63, 3.8) is 0 Å². The van der Waals surface area contributed by atoms with Gasteiger partial charge in [0.05, 0.1) is 7.11 Å². The van der Waals surface area contributed by atoms with Gasteiger partial charge in [-0.3, -0.25) is 4.79 Å². The summed E-state index contributed by atoms with van der Waals surface area (Å²) in [4.78, 5) is 10.9. The molecule has 0 fully saturated rings. The van der Waals surface area contributed by atoms with Crippen molar-refractivity contribution < 1.29 is 9.53 Å². The van der Waals surface area contributed by atoms with E-state index in [9.17, 15) is 4.79 Å². The fourth-order valence-corrected chi connectivity index (χ4v) is 2.93. The number of ether oxygens (including phenoxy) is 1. The summed E-state index contributed by atoms with van der Waals surface area (Å²) < 4.78 is 4.61. The highest BCUT2D eigenvalue weighted by Gasteiger charge is 2.15. The number of esters is 1. The fourth-order valence-electron chi connectivity index (χ4n) is 2.37. The molecule has 0 aliphatic rings. The molecule has 4 heteroatoms. The zero-order chi connectivity index (χ0) is 15.9. The van der Waals surface area contributed by atoms with Gasteiger partial charge in [-0.05, 0) is 19.3 Å². The van der Waals surface area contributed by atoms with Crippen LogP contribution >= 0.6 is 23.2 Å². The molecule has 2 nitrogen and oxygen atoms in total. The van der Waals surface area contributed by atoms with E-state index in [2.05, 4.69) is 11.7 Å². The highest BCUT2D eigenvalue weighted by atomic mass is 35.5. The number of carbonyl (C=O) groups excluding carboxylic acids is 1. The molecule has 0 bridgehead atoms. The lowest BCUT2D eigenvalue weighted by molar-refractivity contribution is -0.140. The van der Waals surface area contributed by atoms with Crippen LogP contribution in [0.25, 0.3) is 0 Å². The molecule has 126 valence electrons. The highest BCUT2D eigenvalue weighted by molar-refractivity contribution is 6.29. The Bertz CT molecular complexity index is 247. The molecule has 2 atom stereocenters. The Morgan fingerprint density at radius 1 is 0.857 bits per heavy atom. The lowest BCUT2D eigenvalue weighted by Crippen LogP contribution is -2.14. The van der Waals surface area contributed by atoms with E-state index in [0.717, 1.165) is 38.5 Å². The minimum absolute atomic E-state index is 0.100. The van der Waals surface area contributed by atoms with E-state index in [1.54, 1.807) is 0 Å². The van der Waals surface area contributed by atoms with Crippen LogP contribution in [0.5, 0.6) is 0 Å². The van der Waals surface area contributed by atoms with Crippen LogP contribution in [0.2, 0.25) is 0 Å². The number of hydrogen-bond donors (Lipinski definition) is 0. The number of rotatable bonds is 14. The molecular formula is C17H32Cl2O2. The van der Waals surface area contributed by atoms with Crippen LogP contribution in [0.3, 0.4) is 0 Å². The Labute approximate surface area is 140 Å². The first-order valence-corrected chi connectivity index (χ1v) is 9.34. The predicted octanol–water partition coefficient (Wildman–Crippen LogP) is 6.08. The topological polar surface area (TPSA) is 26.3 Å². The molecule has 0 aromatic rings. The Morgan fingerprint density at radius 3 is 1.86 bits per heavy atom. The molecular weight excluding hydrogens is 307 g/mol. The first kappa shape index (κ1) is 21.0. The molecule has 0 aromatic heterocycles. The third-order valence-electron chi connectivity index (χ3n) is 3.81. The standard InChI is InChI=1S/C17H32Cl2O2/c1-3-4-5-9-12-15(18)16(19)13-10-7-6-8-11-14-17(20)21-2/h15-16H,3-14H2,1-2H3/t15-,16-/m1/s1. The Morgan fingerprint density at radius 2 is 1.33 bits per heavy atom. The van der Waals surface area contributed by atoms with Crippen LogP contribution in [0.4, 0.5) is 0 Å². The van der Waals surface area contributed by atoms with Crippen LogP contribution in [-0.4, -0.2) is 23.8 Å². The molecule has 0 rings (SSSR count). The van der Waals surface area contributed by atoms with Gasteiger partial charge in [0.15, 0.2) is 0 Å². The molecule has 0 radical (unpaired) electrons. The summed E-state index contributed by atoms with van der Waals surface area (Å²) in [5, 5.41) is 0.214. The minimum Gasteiger partial charge on any atom is -0.469 e. The van der Waals surface area contributed by atoms with Gasteiger partial charge >= 0.3 is 5.97 Å². The summed E-state index contributed by atoms with van der Waals surface area (Å²) in [6.45, 7) is 2.22. The second-order valence-electron chi connectivity index (χ2n) is 5.76. The second kappa shape index (κ2) is 15.0. The maximum atomic E-state index is 10.9. The maximum absolute atomic E-state index is 10.9. The lowest BCUT2D eigenvalue weighted by Gasteiger charge is -2.15. The number of unbranched alkanes of at least 4 members (excludes halogenated alkanes) is 7. The van der Waals surface area contributed by atoms with Crippen molar-refractivity contribution >= 4 is 29.2 Å². The van der Waals surface area contributed by atoms with Crippen LogP contribution < -0.4 is 0 Å². The van der Waals surface area contributed by atoms with Crippen molar-refractivity contribution in [1.82, 2.24) is 0 Å². The summed E-state index contributed by atoms with van der Waals surface area (Å²) in [5.74, 6) is -0.108. The van der Waals surface area contributed by atoms with E-state index in [1.165, 1.54) is 39.2 Å². The number of halogens is 2. The number of carbonyl (C=O) groups is 1. The molecule has 0 amide bonds. The summed E-state index contributed by atoms with van der Waals surface area (Å²) >= 11 is 12.7. The Balaban J connectivity index is 3.39. The number of hydrogen-bond acceptors (Lipinski definition) is 2. The van der Waals surface area contributed by atoms with E-state index in [1.807, 2.05) is 0 Å². The van der Waals surface area contributed by atoms with Crippen molar-refractivity contribution in [1.29, 1.82) is 0 Å². The molecule has 0 saturated carbocycles. The van der Waals surface area contributed by atoms with Crippen LogP contribution in [0.15, 0.2) is 0 Å². The molecule has 0 N–H and O–H groups in total. The third-order valence-corrected chi connectivity index (χ3v) is 4.99. The van der Waals surface area contributed by atoms with Crippen molar-refractivity contribution in [3.8, 4) is 0 Å². The maximum Gasteiger partial charge on any atom is 0.305 e. The van der Waals surface area contributed by atoms with Gasteiger partial charge < -0.3 is 4.74 Å². The van der Waals surface area contributed by atoms with E-state index in [-0.39, 0.29) is 16.7 Å². The normalized spacial score (nSPS) is 13.9. The van der Waals surface area contributed by atoms with E-state index in [4.69, 9.17) is 23.2 Å². The van der Waals surface area contributed by atoms with E-state index in [0.29, 0.717) is 6.42 Å². The van der Waals surface area contributed by atoms with E-state index >= 15 is 0 Å². The fraction of sp³-hybridized carbons (Fsp3) is 0.941. The average molecular weight is 339 g/mol. The van der Waals surface area contributed by atoms with Crippen LogP contribution in [0.1, 0.15) is 84.0 Å². The SMILES string of the molecule is CCCCCC[C@@H](Cl)[C@H](Cl)CCCCCCCC(=O)OC. The zero-order valence-corrected chi connectivity index (χ0v) is 15.2. The molecule has 21 heavy (non-hydrogen) atoms. The zero-order valence-electron chi connectivity index (χ0n) is 13.7. The molecule has 0 unspecified atom stereocenters. The van der Waals surface area contributed by atoms with Crippen molar-refractivity contribution in [2.45, 2.75) is 94.7 Å².